The van der Waals surface area contributed by atoms with E-state index in [0.717, 1.165) is 36.3 Å². The van der Waals surface area contributed by atoms with Gasteiger partial charge in [-0.05, 0) is 55.2 Å². The molecule has 0 aliphatic heterocycles. The predicted octanol–water partition coefficient (Wildman–Crippen LogP) is 2.39. The Hall–Kier alpha value is -2.58. The highest BCUT2D eigenvalue weighted by molar-refractivity contribution is 7.89. The van der Waals surface area contributed by atoms with Crippen LogP contribution in [-0.4, -0.2) is 34.1 Å². The molecule has 0 amide bonds. The first kappa shape index (κ1) is 21.1. The van der Waals surface area contributed by atoms with E-state index >= 15 is 0 Å². The predicted molar refractivity (Wildman–Crippen MR) is 114 cm³/mol. The van der Waals surface area contributed by atoms with Crippen LogP contribution in [0.2, 0.25) is 0 Å². The molecule has 0 heterocycles. The lowest BCUT2D eigenvalue weighted by atomic mass is 10.2. The van der Waals surface area contributed by atoms with Crippen LogP contribution in [0.15, 0.2) is 58.4 Å². The van der Waals surface area contributed by atoms with Gasteiger partial charge in [0, 0.05) is 19.1 Å². The number of hydrogen-bond acceptors (Lipinski definition) is 4. The van der Waals surface area contributed by atoms with Crippen LogP contribution in [0, 0.1) is 0 Å². The summed E-state index contributed by atoms with van der Waals surface area (Å²) < 4.78 is 32.4. The molecule has 7 nitrogen and oxygen atoms in total. The average Bonchev–Trinajstić information content (AvgIpc) is 3.54. The summed E-state index contributed by atoms with van der Waals surface area (Å²) in [6, 6.07) is 14.8. The Morgan fingerprint density at radius 3 is 2.52 bits per heavy atom. The summed E-state index contributed by atoms with van der Waals surface area (Å²) in [7, 11) is -1.77. The summed E-state index contributed by atoms with van der Waals surface area (Å²) in [6.45, 7) is 3.82. The van der Waals surface area contributed by atoms with Crippen LogP contribution >= 0.6 is 0 Å². The molecule has 2 aromatic rings. The number of nitrogens with zero attached hydrogens (tertiary/aromatic N) is 1. The molecule has 0 aromatic heterocycles. The zero-order chi connectivity index (χ0) is 20.7. The van der Waals surface area contributed by atoms with Gasteiger partial charge in [-0.25, -0.2) is 18.1 Å². The molecular weight excluding hydrogens is 388 g/mol. The topological polar surface area (TPSA) is 91.8 Å². The molecule has 3 N–H and O–H groups in total. The molecule has 0 atom stereocenters. The number of sulfonamides is 1. The lowest BCUT2D eigenvalue weighted by molar-refractivity contribution is 0.414. The van der Waals surface area contributed by atoms with E-state index < -0.39 is 10.0 Å². The Morgan fingerprint density at radius 1 is 1.10 bits per heavy atom. The SMILES string of the molecule is CCNC(=NCc1cccc(OC)c1)NCc1ccc(S(=O)(=O)NC2CC2)cc1. The number of methoxy groups -OCH3 is 1. The van der Waals surface area contributed by atoms with Crippen molar-refractivity contribution in [2.24, 2.45) is 4.99 Å². The summed E-state index contributed by atoms with van der Waals surface area (Å²) >= 11 is 0. The molecule has 3 rings (SSSR count). The molecule has 1 aliphatic carbocycles. The minimum atomic E-state index is -3.42. The molecule has 1 aliphatic rings. The van der Waals surface area contributed by atoms with E-state index in [9.17, 15) is 8.42 Å². The monoisotopic (exact) mass is 416 g/mol. The van der Waals surface area contributed by atoms with E-state index in [-0.39, 0.29) is 6.04 Å². The normalized spacial score (nSPS) is 14.5. The van der Waals surface area contributed by atoms with Crippen molar-refractivity contribution < 1.29 is 13.2 Å². The first-order chi connectivity index (χ1) is 14.0. The van der Waals surface area contributed by atoms with Crippen LogP contribution in [0.1, 0.15) is 30.9 Å². The zero-order valence-corrected chi connectivity index (χ0v) is 17.6. The minimum absolute atomic E-state index is 0.102. The minimum Gasteiger partial charge on any atom is -0.497 e. The number of guanidine groups is 1. The average molecular weight is 417 g/mol. The van der Waals surface area contributed by atoms with Gasteiger partial charge in [-0.3, -0.25) is 0 Å². The number of aliphatic imine (C=N–C) groups is 1. The zero-order valence-electron chi connectivity index (χ0n) is 16.8. The van der Waals surface area contributed by atoms with Gasteiger partial charge in [-0.2, -0.15) is 0 Å². The van der Waals surface area contributed by atoms with Gasteiger partial charge in [0.05, 0.1) is 18.6 Å². The lowest BCUT2D eigenvalue weighted by Crippen LogP contribution is -2.36. The van der Waals surface area contributed by atoms with E-state index in [0.29, 0.717) is 23.9 Å². The second-order valence-corrected chi connectivity index (χ2v) is 8.65. The molecule has 1 fully saturated rings. The molecular formula is C21H28N4O3S. The third-order valence-electron chi connectivity index (χ3n) is 4.49. The standard InChI is InChI=1S/C21H28N4O3S/c1-3-22-21(24-15-17-5-4-6-19(13-17)28-2)23-14-16-7-11-20(12-8-16)29(26,27)25-18-9-10-18/h4-8,11-13,18,25H,3,9-10,14-15H2,1-2H3,(H2,22,23,24). The number of benzene rings is 2. The molecule has 0 radical (unpaired) electrons. The van der Waals surface area contributed by atoms with Crippen molar-refractivity contribution >= 4 is 16.0 Å². The quantitative estimate of drug-likeness (QED) is 0.431. The van der Waals surface area contributed by atoms with Gasteiger partial charge in [0.15, 0.2) is 5.96 Å². The van der Waals surface area contributed by atoms with E-state index in [1.807, 2.05) is 43.3 Å². The summed E-state index contributed by atoms with van der Waals surface area (Å²) in [5.74, 6) is 1.50. The Morgan fingerprint density at radius 2 is 1.86 bits per heavy atom. The number of nitrogens with one attached hydrogen (secondary N) is 3. The molecule has 156 valence electrons. The van der Waals surface area contributed by atoms with Gasteiger partial charge in [0.1, 0.15) is 5.75 Å². The Balaban J connectivity index is 1.59. The number of ether oxygens (including phenoxy) is 1. The van der Waals surface area contributed by atoms with Crippen LogP contribution in [0.5, 0.6) is 5.75 Å². The fourth-order valence-electron chi connectivity index (χ4n) is 2.74. The number of rotatable bonds is 9. The van der Waals surface area contributed by atoms with Crippen molar-refractivity contribution in [3.05, 3.63) is 59.7 Å². The van der Waals surface area contributed by atoms with Gasteiger partial charge in [-0.1, -0.05) is 24.3 Å². The summed E-state index contributed by atoms with van der Waals surface area (Å²) in [6.07, 6.45) is 1.84. The molecule has 29 heavy (non-hydrogen) atoms. The summed E-state index contributed by atoms with van der Waals surface area (Å²) in [5.41, 5.74) is 2.03. The van der Waals surface area contributed by atoms with Gasteiger partial charge in [0.2, 0.25) is 10.0 Å². The van der Waals surface area contributed by atoms with Crippen molar-refractivity contribution in [2.45, 2.75) is 43.8 Å². The molecule has 0 saturated heterocycles. The van der Waals surface area contributed by atoms with Crippen LogP contribution < -0.4 is 20.1 Å². The van der Waals surface area contributed by atoms with Crippen molar-refractivity contribution in [1.82, 2.24) is 15.4 Å². The highest BCUT2D eigenvalue weighted by Crippen LogP contribution is 2.22. The maximum atomic E-state index is 12.2. The fourth-order valence-corrected chi connectivity index (χ4v) is 4.05. The van der Waals surface area contributed by atoms with Gasteiger partial charge in [-0.15, -0.1) is 0 Å². The first-order valence-corrected chi connectivity index (χ1v) is 11.2. The second kappa shape index (κ2) is 9.76. The van der Waals surface area contributed by atoms with Crippen LogP contribution in [0.25, 0.3) is 0 Å². The van der Waals surface area contributed by atoms with Crippen LogP contribution in [0.3, 0.4) is 0 Å². The van der Waals surface area contributed by atoms with E-state index in [4.69, 9.17) is 4.74 Å². The van der Waals surface area contributed by atoms with Gasteiger partial charge < -0.3 is 15.4 Å². The maximum Gasteiger partial charge on any atom is 0.240 e. The number of hydrogen-bond donors (Lipinski definition) is 3. The first-order valence-electron chi connectivity index (χ1n) is 9.76. The summed E-state index contributed by atoms with van der Waals surface area (Å²) in [4.78, 5) is 4.90. The van der Waals surface area contributed by atoms with Crippen molar-refractivity contribution in [2.75, 3.05) is 13.7 Å². The maximum absolute atomic E-state index is 12.2. The summed E-state index contributed by atoms with van der Waals surface area (Å²) in [5, 5.41) is 6.50. The van der Waals surface area contributed by atoms with E-state index in [2.05, 4.69) is 20.3 Å². The van der Waals surface area contributed by atoms with Crippen molar-refractivity contribution in [3.8, 4) is 5.75 Å². The van der Waals surface area contributed by atoms with E-state index in [1.54, 1.807) is 19.2 Å². The Kier molecular flexibility index (Phi) is 7.11. The van der Waals surface area contributed by atoms with Crippen molar-refractivity contribution in [3.63, 3.8) is 0 Å². The highest BCUT2D eigenvalue weighted by Gasteiger charge is 2.27. The Bertz CT molecular complexity index is 939. The Labute approximate surface area is 172 Å². The van der Waals surface area contributed by atoms with Gasteiger partial charge >= 0.3 is 0 Å². The third-order valence-corrected chi connectivity index (χ3v) is 6.03. The smallest absolute Gasteiger partial charge is 0.240 e. The van der Waals surface area contributed by atoms with Crippen LogP contribution in [-0.2, 0) is 23.1 Å². The lowest BCUT2D eigenvalue weighted by Gasteiger charge is -2.12. The van der Waals surface area contributed by atoms with Gasteiger partial charge in [0.25, 0.3) is 0 Å². The highest BCUT2D eigenvalue weighted by atomic mass is 32.2. The molecule has 0 spiro atoms. The van der Waals surface area contributed by atoms with Crippen LogP contribution in [0.4, 0.5) is 0 Å². The largest absolute Gasteiger partial charge is 0.497 e. The molecule has 8 heteroatoms. The molecule has 1 saturated carbocycles. The molecule has 0 unspecified atom stereocenters. The molecule has 2 aromatic carbocycles. The molecule has 0 bridgehead atoms. The van der Waals surface area contributed by atoms with E-state index in [1.165, 1.54) is 0 Å². The third kappa shape index (κ3) is 6.47. The fraction of sp³-hybridized carbons (Fsp3) is 0.381. The second-order valence-electron chi connectivity index (χ2n) is 6.94. The van der Waals surface area contributed by atoms with Crippen molar-refractivity contribution in [1.29, 1.82) is 0 Å².